The van der Waals surface area contributed by atoms with Gasteiger partial charge in [0.25, 0.3) is 0 Å². The van der Waals surface area contributed by atoms with Crippen molar-refractivity contribution in [2.45, 2.75) is 26.5 Å². The number of halogens is 2. The first kappa shape index (κ1) is 19.1. The fraction of sp³-hybridized carbons (Fsp3) is 0.250. The number of alkyl halides is 2. The summed E-state index contributed by atoms with van der Waals surface area (Å²) in [6.45, 7) is -0.187. The van der Waals surface area contributed by atoms with Crippen LogP contribution < -0.4 is 10.1 Å². The molecular formula is C20H20F2N2O2S. The molecule has 0 unspecified atom stereocenters. The molecule has 2 aromatic carbocycles. The minimum absolute atomic E-state index is 0.104. The van der Waals surface area contributed by atoms with Crippen molar-refractivity contribution in [1.82, 2.24) is 4.90 Å². The van der Waals surface area contributed by atoms with E-state index in [4.69, 9.17) is 16.6 Å². The third kappa shape index (κ3) is 4.54. The zero-order chi connectivity index (χ0) is 19.4. The lowest BCUT2D eigenvalue weighted by Gasteiger charge is -2.21. The van der Waals surface area contributed by atoms with Gasteiger partial charge >= 0.3 is 6.61 Å². The Morgan fingerprint density at radius 2 is 1.89 bits per heavy atom. The van der Waals surface area contributed by atoms with Gasteiger partial charge in [0.2, 0.25) is 0 Å². The molecule has 142 valence electrons. The summed E-state index contributed by atoms with van der Waals surface area (Å²) in [5, 5.41) is 4.70. The Morgan fingerprint density at radius 3 is 2.56 bits per heavy atom. The molecule has 0 atom stereocenters. The molecule has 0 saturated heterocycles. The summed E-state index contributed by atoms with van der Waals surface area (Å²) < 4.78 is 34.7. The zero-order valence-corrected chi connectivity index (χ0v) is 15.9. The van der Waals surface area contributed by atoms with Crippen LogP contribution in [0.4, 0.5) is 14.5 Å². The Kier molecular flexibility index (Phi) is 5.91. The van der Waals surface area contributed by atoms with E-state index in [0.717, 1.165) is 28.7 Å². The van der Waals surface area contributed by atoms with Crippen molar-refractivity contribution in [1.29, 1.82) is 0 Å². The van der Waals surface area contributed by atoms with Crippen LogP contribution in [0.25, 0.3) is 11.0 Å². The average molecular weight is 390 g/mol. The maximum atomic E-state index is 12.2. The van der Waals surface area contributed by atoms with Gasteiger partial charge in [0, 0.05) is 36.7 Å². The first-order valence-corrected chi connectivity index (χ1v) is 8.95. The fourth-order valence-electron chi connectivity index (χ4n) is 2.86. The number of fused-ring (bicyclic) bond motifs is 1. The van der Waals surface area contributed by atoms with Crippen LogP contribution in [-0.4, -0.2) is 23.7 Å². The Hall–Kier alpha value is -2.67. The Labute approximate surface area is 161 Å². The van der Waals surface area contributed by atoms with Gasteiger partial charge in [0.15, 0.2) is 5.11 Å². The summed E-state index contributed by atoms with van der Waals surface area (Å²) in [6.07, 6.45) is 0.795. The molecule has 0 aliphatic rings. The predicted molar refractivity (Wildman–Crippen MR) is 106 cm³/mol. The number of ether oxygens (including phenoxy) is 1. The average Bonchev–Trinajstić information content (AvgIpc) is 3.00. The molecule has 0 spiro atoms. The van der Waals surface area contributed by atoms with E-state index in [1.54, 1.807) is 12.1 Å². The number of nitrogens with zero attached hydrogens (tertiary/aromatic N) is 1. The van der Waals surface area contributed by atoms with Gasteiger partial charge in [0.1, 0.15) is 17.1 Å². The van der Waals surface area contributed by atoms with Crippen molar-refractivity contribution >= 4 is 34.0 Å². The van der Waals surface area contributed by atoms with Crippen LogP contribution in [0, 0.1) is 0 Å². The van der Waals surface area contributed by atoms with E-state index in [0.29, 0.717) is 17.3 Å². The van der Waals surface area contributed by atoms with E-state index >= 15 is 0 Å². The van der Waals surface area contributed by atoms with E-state index in [1.807, 2.05) is 36.2 Å². The molecule has 1 aromatic heterocycles. The van der Waals surface area contributed by atoms with E-state index in [-0.39, 0.29) is 5.75 Å². The molecule has 0 aliphatic heterocycles. The standard InChI is InChI=1S/C20H20F2N2O2S/c1-3-17-16(15-6-4-5-7-18(15)26-17)12-24(2)20(27)23-13-8-10-14(11-9-13)25-19(21)22/h4-11,19H,3,12H2,1-2H3,(H,23,27). The van der Waals surface area contributed by atoms with E-state index in [9.17, 15) is 8.78 Å². The molecular weight excluding hydrogens is 370 g/mol. The molecule has 7 heteroatoms. The van der Waals surface area contributed by atoms with Gasteiger partial charge in [-0.25, -0.2) is 0 Å². The molecule has 0 amide bonds. The molecule has 0 saturated carbocycles. The minimum atomic E-state index is -2.84. The summed E-state index contributed by atoms with van der Waals surface area (Å²) in [4.78, 5) is 1.91. The van der Waals surface area contributed by atoms with Crippen molar-refractivity contribution in [3.8, 4) is 5.75 Å². The van der Waals surface area contributed by atoms with Crippen molar-refractivity contribution < 1.29 is 17.9 Å². The number of anilines is 1. The largest absolute Gasteiger partial charge is 0.461 e. The summed E-state index contributed by atoms with van der Waals surface area (Å²) in [7, 11) is 1.89. The van der Waals surface area contributed by atoms with Gasteiger partial charge in [-0.05, 0) is 42.5 Å². The number of furan rings is 1. The van der Waals surface area contributed by atoms with Crippen LogP contribution >= 0.6 is 12.2 Å². The summed E-state index contributed by atoms with van der Waals surface area (Å²) in [5.74, 6) is 1.05. The van der Waals surface area contributed by atoms with Crippen molar-refractivity contribution in [2.75, 3.05) is 12.4 Å². The molecule has 0 fully saturated rings. The lowest BCUT2D eigenvalue weighted by atomic mass is 10.1. The highest BCUT2D eigenvalue weighted by Crippen LogP contribution is 2.27. The first-order valence-electron chi connectivity index (χ1n) is 8.54. The monoisotopic (exact) mass is 390 g/mol. The number of aryl methyl sites for hydroxylation is 1. The second kappa shape index (κ2) is 8.35. The number of nitrogens with one attached hydrogen (secondary N) is 1. The number of benzene rings is 2. The molecule has 4 nitrogen and oxygen atoms in total. The summed E-state index contributed by atoms with van der Waals surface area (Å²) in [6, 6.07) is 14.2. The van der Waals surface area contributed by atoms with Crippen LogP contribution in [0.1, 0.15) is 18.2 Å². The highest BCUT2D eigenvalue weighted by molar-refractivity contribution is 7.80. The van der Waals surface area contributed by atoms with Crippen LogP contribution in [0.5, 0.6) is 5.75 Å². The SMILES string of the molecule is CCc1oc2ccccc2c1CN(C)C(=S)Nc1ccc(OC(F)F)cc1. The first-order chi connectivity index (χ1) is 13.0. The summed E-state index contributed by atoms with van der Waals surface area (Å²) >= 11 is 5.47. The number of thiocarbonyl (C=S) groups is 1. The topological polar surface area (TPSA) is 37.6 Å². The van der Waals surface area contributed by atoms with Crippen molar-refractivity contribution in [3.05, 3.63) is 59.9 Å². The second-order valence-corrected chi connectivity index (χ2v) is 6.43. The quantitative estimate of drug-likeness (QED) is 0.569. The molecule has 0 aliphatic carbocycles. The lowest BCUT2D eigenvalue weighted by Crippen LogP contribution is -2.30. The van der Waals surface area contributed by atoms with Gasteiger partial charge < -0.3 is 19.4 Å². The third-order valence-electron chi connectivity index (χ3n) is 4.18. The predicted octanol–water partition coefficient (Wildman–Crippen LogP) is 5.43. The van der Waals surface area contributed by atoms with Crippen LogP contribution in [-0.2, 0) is 13.0 Å². The Balaban J connectivity index is 1.69. The molecule has 3 aromatic rings. The molecule has 27 heavy (non-hydrogen) atoms. The second-order valence-electron chi connectivity index (χ2n) is 6.04. The van der Waals surface area contributed by atoms with Gasteiger partial charge in [-0.1, -0.05) is 25.1 Å². The van der Waals surface area contributed by atoms with Gasteiger partial charge in [-0.3, -0.25) is 0 Å². The molecule has 1 N–H and O–H groups in total. The highest BCUT2D eigenvalue weighted by Gasteiger charge is 2.16. The van der Waals surface area contributed by atoms with Crippen molar-refractivity contribution in [2.24, 2.45) is 0 Å². The smallest absolute Gasteiger partial charge is 0.387 e. The summed E-state index contributed by atoms with van der Waals surface area (Å²) in [5.41, 5.74) is 2.67. The zero-order valence-electron chi connectivity index (χ0n) is 15.0. The third-order valence-corrected chi connectivity index (χ3v) is 4.59. The van der Waals surface area contributed by atoms with Crippen LogP contribution in [0.3, 0.4) is 0 Å². The highest BCUT2D eigenvalue weighted by atomic mass is 32.1. The number of hydrogen-bond donors (Lipinski definition) is 1. The maximum absolute atomic E-state index is 12.2. The van der Waals surface area contributed by atoms with E-state index in [1.165, 1.54) is 12.1 Å². The Bertz CT molecular complexity index is 925. The number of rotatable bonds is 6. The van der Waals surface area contributed by atoms with Gasteiger partial charge in [-0.2, -0.15) is 8.78 Å². The Morgan fingerprint density at radius 1 is 1.19 bits per heavy atom. The molecule has 0 bridgehead atoms. The van der Waals surface area contributed by atoms with Crippen LogP contribution in [0.2, 0.25) is 0 Å². The van der Waals surface area contributed by atoms with Gasteiger partial charge in [-0.15, -0.1) is 0 Å². The van der Waals surface area contributed by atoms with E-state index < -0.39 is 6.61 Å². The van der Waals surface area contributed by atoms with Gasteiger partial charge in [0.05, 0.1) is 0 Å². The van der Waals surface area contributed by atoms with Crippen molar-refractivity contribution in [3.63, 3.8) is 0 Å². The normalized spacial score (nSPS) is 11.0. The molecule has 0 radical (unpaired) electrons. The number of para-hydroxylation sites is 1. The maximum Gasteiger partial charge on any atom is 0.387 e. The minimum Gasteiger partial charge on any atom is -0.461 e. The fourth-order valence-corrected chi connectivity index (χ4v) is 3.04. The molecule has 3 rings (SSSR count). The van der Waals surface area contributed by atoms with E-state index in [2.05, 4.69) is 17.0 Å². The molecule has 1 heterocycles. The lowest BCUT2D eigenvalue weighted by molar-refractivity contribution is -0.0498. The van der Waals surface area contributed by atoms with Crippen LogP contribution in [0.15, 0.2) is 52.9 Å². The number of hydrogen-bond acceptors (Lipinski definition) is 3.